The number of hydrogen-bond donors (Lipinski definition) is 5. The van der Waals surface area contributed by atoms with Crippen LogP contribution in [0.5, 0.6) is 0 Å². The van der Waals surface area contributed by atoms with Crippen molar-refractivity contribution in [1.29, 1.82) is 0 Å². The van der Waals surface area contributed by atoms with Crippen LogP contribution < -0.4 is 5.32 Å². The number of aliphatic hydroxyl groups is 4. The van der Waals surface area contributed by atoms with Crippen LogP contribution in [0.4, 0.5) is 0 Å². The van der Waals surface area contributed by atoms with Gasteiger partial charge in [-0.2, -0.15) is 0 Å². The number of unbranched alkanes of at least 4 members (excludes halogenated alkanes) is 50. The minimum absolute atomic E-state index is 0.362. The summed E-state index contributed by atoms with van der Waals surface area (Å²) in [5.41, 5.74) is 0. The predicted octanol–water partition coefficient (Wildman–Crippen LogP) is 21.5. The Bertz CT molecular complexity index is 1220. The summed E-state index contributed by atoms with van der Waals surface area (Å²) in [6, 6.07) is -1.01. The van der Waals surface area contributed by atoms with E-state index in [1.165, 1.54) is 308 Å². The Morgan fingerprint density at radius 3 is 0.818 bits per heavy atom. The summed E-state index contributed by atoms with van der Waals surface area (Å²) in [6.45, 7) is 4.09. The summed E-state index contributed by atoms with van der Waals surface area (Å²) >= 11 is 0. The van der Waals surface area contributed by atoms with E-state index in [1.807, 2.05) is 0 Å². The fourth-order valence-electron chi connectivity index (χ4n) is 11.1. The van der Waals surface area contributed by atoms with E-state index in [0.29, 0.717) is 19.3 Å². The van der Waals surface area contributed by atoms with E-state index in [4.69, 9.17) is 0 Å². The van der Waals surface area contributed by atoms with E-state index in [2.05, 4.69) is 55.6 Å². The molecule has 0 aliphatic rings. The molecule has 4 unspecified atom stereocenters. The zero-order valence-electron chi connectivity index (χ0n) is 52.0. The van der Waals surface area contributed by atoms with Gasteiger partial charge in [-0.25, -0.2) is 0 Å². The molecule has 0 saturated carbocycles. The molecule has 0 radical (unpaired) electrons. The lowest BCUT2D eigenvalue weighted by Gasteiger charge is -2.27. The predicted molar refractivity (Wildman–Crippen MR) is 339 cm³/mol. The van der Waals surface area contributed by atoms with Gasteiger partial charge in [0.25, 0.3) is 0 Å². The van der Waals surface area contributed by atoms with Crippen LogP contribution in [0.3, 0.4) is 0 Å². The second kappa shape index (κ2) is 65.3. The maximum absolute atomic E-state index is 12.7. The molecule has 456 valence electrons. The number of aliphatic hydroxyl groups excluding tert-OH is 4. The van der Waals surface area contributed by atoms with Crippen molar-refractivity contribution < 1.29 is 25.2 Å². The average Bonchev–Trinajstić information content (AvgIpc) is 3.43. The molecule has 77 heavy (non-hydrogen) atoms. The van der Waals surface area contributed by atoms with E-state index in [-0.39, 0.29) is 0 Å². The smallest absolute Gasteiger partial charge is 0.249 e. The molecule has 0 aromatic heterocycles. The van der Waals surface area contributed by atoms with Gasteiger partial charge in [0.05, 0.1) is 18.8 Å². The first-order valence-corrected chi connectivity index (χ1v) is 34.9. The van der Waals surface area contributed by atoms with Crippen molar-refractivity contribution >= 4 is 5.91 Å². The van der Waals surface area contributed by atoms with Crippen LogP contribution in [0.2, 0.25) is 0 Å². The van der Waals surface area contributed by atoms with Crippen LogP contribution in [0, 0.1) is 0 Å². The van der Waals surface area contributed by atoms with Crippen molar-refractivity contribution in [1.82, 2.24) is 5.32 Å². The summed E-state index contributed by atoms with van der Waals surface area (Å²) in [4.78, 5) is 12.7. The first-order chi connectivity index (χ1) is 38.0. The number of amides is 1. The minimum Gasteiger partial charge on any atom is -0.394 e. The molecule has 5 N–H and O–H groups in total. The Balaban J connectivity index is 3.59. The van der Waals surface area contributed by atoms with Gasteiger partial charge >= 0.3 is 0 Å². The lowest BCUT2D eigenvalue weighted by atomic mass is 10.00. The highest BCUT2D eigenvalue weighted by Crippen LogP contribution is 2.19. The fraction of sp³-hybridized carbons (Fsp3) is 0.901. The molecular formula is C71H137NO5. The standard InChI is InChI=1S/C71H137NO5/c1-3-5-7-9-11-13-15-17-19-21-23-25-27-29-31-33-34-35-37-39-41-43-45-47-49-51-53-55-57-59-61-63-65-69(75)71(77)72-67(66-73)70(76)68(74)64-62-60-58-56-54-52-50-48-46-44-42-40-38-36-32-30-28-26-24-22-20-18-16-14-12-10-8-6-4-2/h29,31,48,50,56,58,67-70,73-76H,3-28,30,32-47,49,51-55,57,59-66H2,1-2H3,(H,72,77)/b31-29-,50-48+,58-56+. The molecule has 6 nitrogen and oxygen atoms in total. The van der Waals surface area contributed by atoms with Crippen LogP contribution in [0.1, 0.15) is 380 Å². The molecule has 0 aliphatic heterocycles. The molecule has 1 amide bonds. The lowest BCUT2D eigenvalue weighted by Crippen LogP contribution is -2.53. The van der Waals surface area contributed by atoms with Gasteiger partial charge in [-0.1, -0.05) is 339 Å². The van der Waals surface area contributed by atoms with E-state index in [1.54, 1.807) is 0 Å². The third-order valence-electron chi connectivity index (χ3n) is 16.6. The molecular weight excluding hydrogens is 947 g/mol. The fourth-order valence-corrected chi connectivity index (χ4v) is 11.1. The Hall–Kier alpha value is -1.47. The highest BCUT2D eigenvalue weighted by atomic mass is 16.3. The Labute approximate surface area is 481 Å². The second-order valence-corrected chi connectivity index (χ2v) is 24.2. The third-order valence-corrected chi connectivity index (χ3v) is 16.6. The van der Waals surface area contributed by atoms with Gasteiger partial charge in [-0.15, -0.1) is 0 Å². The number of allylic oxidation sites excluding steroid dienone is 6. The van der Waals surface area contributed by atoms with Gasteiger partial charge in [-0.3, -0.25) is 4.79 Å². The molecule has 0 saturated heterocycles. The molecule has 0 aromatic rings. The number of carbonyl (C=O) groups excluding carboxylic acids is 1. The third kappa shape index (κ3) is 59.0. The van der Waals surface area contributed by atoms with Gasteiger partial charge in [0.15, 0.2) is 0 Å². The Kier molecular flexibility index (Phi) is 64.1. The van der Waals surface area contributed by atoms with Crippen LogP contribution in [-0.2, 0) is 4.79 Å². The molecule has 0 bridgehead atoms. The maximum atomic E-state index is 12.7. The normalized spacial score (nSPS) is 13.7. The van der Waals surface area contributed by atoms with Crippen molar-refractivity contribution in [2.24, 2.45) is 0 Å². The van der Waals surface area contributed by atoms with Crippen molar-refractivity contribution in [3.8, 4) is 0 Å². The van der Waals surface area contributed by atoms with Crippen LogP contribution >= 0.6 is 0 Å². The zero-order chi connectivity index (χ0) is 55.8. The van der Waals surface area contributed by atoms with Crippen molar-refractivity contribution in [2.45, 2.75) is 404 Å². The molecule has 0 spiro atoms. The van der Waals surface area contributed by atoms with E-state index in [0.717, 1.165) is 38.5 Å². The largest absolute Gasteiger partial charge is 0.394 e. The zero-order valence-corrected chi connectivity index (χ0v) is 52.0. The number of hydrogen-bond acceptors (Lipinski definition) is 5. The summed E-state index contributed by atoms with van der Waals surface area (Å²) in [5.74, 6) is -0.591. The molecule has 0 aliphatic carbocycles. The van der Waals surface area contributed by atoms with E-state index in [9.17, 15) is 25.2 Å². The highest BCUT2D eigenvalue weighted by Gasteiger charge is 2.28. The van der Waals surface area contributed by atoms with Crippen LogP contribution in [-0.4, -0.2) is 57.3 Å². The SMILES string of the molecule is CCCCCCCCCCCCCC/C=C\CCCCCCCCCCCCCCCCCCC(O)C(=O)NC(CO)C(O)C(O)CCC/C=C/CC/C=C/CCCCCCCCCCCCCCCCCCCCCC. The Morgan fingerprint density at radius 2 is 0.545 bits per heavy atom. The Morgan fingerprint density at radius 1 is 0.312 bits per heavy atom. The van der Waals surface area contributed by atoms with Crippen molar-refractivity contribution in [2.75, 3.05) is 6.61 Å². The summed E-state index contributed by atoms with van der Waals surface area (Å²) in [5, 5.41) is 44.2. The first kappa shape index (κ1) is 75.5. The van der Waals surface area contributed by atoms with E-state index >= 15 is 0 Å². The maximum Gasteiger partial charge on any atom is 0.249 e. The molecule has 4 atom stereocenters. The molecule has 0 rings (SSSR count). The van der Waals surface area contributed by atoms with E-state index < -0.39 is 36.9 Å². The number of carbonyl (C=O) groups is 1. The van der Waals surface area contributed by atoms with Crippen LogP contribution in [0.25, 0.3) is 0 Å². The molecule has 6 heteroatoms. The van der Waals surface area contributed by atoms with Gasteiger partial charge in [0, 0.05) is 0 Å². The highest BCUT2D eigenvalue weighted by molar-refractivity contribution is 5.80. The quantitative estimate of drug-likeness (QED) is 0.0308. The number of nitrogens with one attached hydrogen (secondary N) is 1. The van der Waals surface area contributed by atoms with Crippen LogP contribution in [0.15, 0.2) is 36.5 Å². The van der Waals surface area contributed by atoms with Gasteiger partial charge in [0.1, 0.15) is 12.2 Å². The molecule has 0 fully saturated rings. The van der Waals surface area contributed by atoms with Gasteiger partial charge < -0.3 is 25.7 Å². The molecule has 0 aromatic carbocycles. The minimum atomic E-state index is -1.29. The summed E-state index contributed by atoms with van der Waals surface area (Å²) in [6.07, 6.45) is 84.2. The summed E-state index contributed by atoms with van der Waals surface area (Å²) in [7, 11) is 0. The second-order valence-electron chi connectivity index (χ2n) is 24.2. The van der Waals surface area contributed by atoms with Gasteiger partial charge in [-0.05, 0) is 77.0 Å². The molecule has 0 heterocycles. The monoisotopic (exact) mass is 1080 g/mol. The number of rotatable bonds is 65. The average molecular weight is 1080 g/mol. The summed E-state index contributed by atoms with van der Waals surface area (Å²) < 4.78 is 0. The van der Waals surface area contributed by atoms with Crippen molar-refractivity contribution in [3.63, 3.8) is 0 Å². The lowest BCUT2D eigenvalue weighted by molar-refractivity contribution is -0.132. The van der Waals surface area contributed by atoms with Crippen molar-refractivity contribution in [3.05, 3.63) is 36.5 Å². The first-order valence-electron chi connectivity index (χ1n) is 34.9. The topological polar surface area (TPSA) is 110 Å². The van der Waals surface area contributed by atoms with Gasteiger partial charge in [0.2, 0.25) is 5.91 Å².